The first kappa shape index (κ1) is 23.2. The molecule has 4 unspecified atom stereocenters. The van der Waals surface area contributed by atoms with Gasteiger partial charge in [0.05, 0.1) is 22.8 Å². The molecule has 1 fully saturated rings. The third-order valence-electron chi connectivity index (χ3n) is 6.76. The molecule has 0 amide bonds. The van der Waals surface area contributed by atoms with E-state index in [4.69, 9.17) is 10.6 Å². The van der Waals surface area contributed by atoms with E-state index in [1.165, 1.54) is 16.0 Å². The van der Waals surface area contributed by atoms with Crippen LogP contribution in [0.15, 0.2) is 53.4 Å². The van der Waals surface area contributed by atoms with E-state index in [9.17, 15) is 10.0 Å². The lowest BCUT2D eigenvalue weighted by Gasteiger charge is -2.30. The normalized spacial score (nSPS) is 26.1. The zero-order chi connectivity index (χ0) is 23.7. The maximum absolute atomic E-state index is 13.3. The predicted molar refractivity (Wildman–Crippen MR) is 132 cm³/mol. The number of allylic oxidation sites excluding steroid dienone is 1. The highest BCUT2D eigenvalue weighted by Gasteiger charge is 2.41. The van der Waals surface area contributed by atoms with Crippen LogP contribution in [-0.2, 0) is 17.6 Å². The lowest BCUT2D eigenvalue weighted by atomic mass is 9.82. The summed E-state index contributed by atoms with van der Waals surface area (Å²) in [4.78, 5) is 15.4. The lowest BCUT2D eigenvalue weighted by molar-refractivity contribution is -0.642. The van der Waals surface area contributed by atoms with Crippen LogP contribution < -0.4 is 16.7 Å². The first-order valence-corrected chi connectivity index (χ1v) is 12.4. The van der Waals surface area contributed by atoms with Gasteiger partial charge in [0.1, 0.15) is 30.1 Å². The number of hydrazine groups is 2. The predicted octanol–water partition coefficient (Wildman–Crippen LogP) is 1.91. The minimum atomic E-state index is -0.724. The molecule has 0 saturated carbocycles. The smallest absolute Gasteiger partial charge is 0.273 e. The summed E-state index contributed by atoms with van der Waals surface area (Å²) in [5, 5.41) is 10.2. The Morgan fingerprint density at radius 2 is 2.15 bits per heavy atom. The Bertz CT molecular complexity index is 1150. The second-order valence-corrected chi connectivity index (χ2v) is 10.2. The van der Waals surface area contributed by atoms with Crippen molar-refractivity contribution < 1.29 is 18.7 Å². The number of nitrogens with zero attached hydrogens (tertiary/aromatic N) is 2. The van der Waals surface area contributed by atoms with Gasteiger partial charge in [-0.2, -0.15) is 3.98 Å². The molecule has 4 atom stereocenters. The third-order valence-corrected chi connectivity index (χ3v) is 7.79. The monoisotopic (exact) mass is 481 g/mol. The van der Waals surface area contributed by atoms with E-state index in [1.807, 2.05) is 24.3 Å². The summed E-state index contributed by atoms with van der Waals surface area (Å²) in [6.07, 6.45) is 5.66. The molecule has 0 aromatic heterocycles. The van der Waals surface area contributed by atoms with Crippen molar-refractivity contribution in [3.8, 4) is 0 Å². The van der Waals surface area contributed by atoms with E-state index < -0.39 is 12.1 Å². The zero-order valence-electron chi connectivity index (χ0n) is 19.2. The molecule has 3 aliphatic rings. The quantitative estimate of drug-likeness (QED) is 0.216. The molecule has 2 aromatic rings. The summed E-state index contributed by atoms with van der Waals surface area (Å²) < 4.78 is 7.43. The number of nitrogens with two attached hydrogens (primary N) is 1. The van der Waals surface area contributed by atoms with Gasteiger partial charge in [-0.3, -0.25) is 5.84 Å². The summed E-state index contributed by atoms with van der Waals surface area (Å²) in [5.74, 6) is 5.94. The van der Waals surface area contributed by atoms with Gasteiger partial charge in [-0.05, 0) is 52.8 Å². The molecule has 0 radical (unpaired) electrons. The van der Waals surface area contributed by atoms with Crippen molar-refractivity contribution in [3.05, 3.63) is 75.7 Å². The van der Waals surface area contributed by atoms with E-state index in [0.29, 0.717) is 19.4 Å². The molecule has 2 aromatic carbocycles. The molecule has 0 spiro atoms. The van der Waals surface area contributed by atoms with E-state index in [0.717, 1.165) is 28.0 Å². The first-order chi connectivity index (χ1) is 16.5. The molecule has 34 heavy (non-hydrogen) atoms. The zero-order valence-corrected chi connectivity index (χ0v) is 20.0. The summed E-state index contributed by atoms with van der Waals surface area (Å²) in [5.41, 5.74) is 11.5. The maximum Gasteiger partial charge on any atom is 0.273 e. The SMILES string of the molecule is C[N+]1=CCc2cc(CC3=CC([N+](=O)NC4CCOCC4O)C(NN)c4ccccc43)ccc2S1. The molecule has 2 aliphatic heterocycles. The average Bonchev–Trinajstić information content (AvgIpc) is 2.85. The number of benzene rings is 2. The van der Waals surface area contributed by atoms with Crippen LogP contribution in [0.2, 0.25) is 0 Å². The summed E-state index contributed by atoms with van der Waals surface area (Å²) in [6, 6.07) is 13.4. The Hall–Kier alpha value is -2.56. The number of aliphatic hydroxyl groups excluding tert-OH is 1. The topological polar surface area (TPSA) is 103 Å². The van der Waals surface area contributed by atoms with Crippen LogP contribution in [0.1, 0.15) is 34.7 Å². The fraction of sp³-hybridized carbons (Fsp3) is 0.400. The summed E-state index contributed by atoms with van der Waals surface area (Å²) in [7, 11) is 2.06. The second-order valence-electron chi connectivity index (χ2n) is 9.05. The highest BCUT2D eigenvalue weighted by Crippen LogP contribution is 2.36. The van der Waals surface area contributed by atoms with Crippen molar-refractivity contribution in [2.45, 2.75) is 48.4 Å². The molecular weight excluding hydrogens is 450 g/mol. The van der Waals surface area contributed by atoms with Crippen LogP contribution >= 0.6 is 11.9 Å². The van der Waals surface area contributed by atoms with Crippen molar-refractivity contribution in [3.63, 3.8) is 0 Å². The van der Waals surface area contributed by atoms with Crippen LogP contribution in [0.25, 0.3) is 5.57 Å². The number of fused-ring (bicyclic) bond motifs is 2. The van der Waals surface area contributed by atoms with Crippen molar-refractivity contribution >= 4 is 23.7 Å². The van der Waals surface area contributed by atoms with Crippen LogP contribution in [0.5, 0.6) is 0 Å². The van der Waals surface area contributed by atoms with Gasteiger partial charge in [-0.15, -0.1) is 5.43 Å². The van der Waals surface area contributed by atoms with Crippen molar-refractivity contribution in [2.24, 2.45) is 5.84 Å². The van der Waals surface area contributed by atoms with Crippen molar-refractivity contribution in [1.82, 2.24) is 10.9 Å². The standard InChI is InChI=1S/C25H31N5O3S/c1-29-10-8-17-12-16(6-7-24(17)34-29)13-18-14-22(25(27-26)20-5-3-2-4-19(18)20)30(32)28-21-9-11-33-15-23(21)31/h2-7,10,12,14,21-23,25,27,31H,8-9,11,13,15,26H2,1H3,(H,28,32)/q+2. The van der Waals surface area contributed by atoms with Crippen molar-refractivity contribution in [1.29, 1.82) is 0 Å². The van der Waals surface area contributed by atoms with Gasteiger partial charge in [0.15, 0.2) is 18.2 Å². The minimum absolute atomic E-state index is 0.225. The van der Waals surface area contributed by atoms with Gasteiger partial charge >= 0.3 is 0 Å². The number of ether oxygens (including phenoxy) is 1. The summed E-state index contributed by atoms with van der Waals surface area (Å²) in [6.45, 7) is 0.738. The van der Waals surface area contributed by atoms with Crippen LogP contribution in [0, 0.1) is 4.91 Å². The van der Waals surface area contributed by atoms with Crippen molar-refractivity contribution in [2.75, 3.05) is 20.3 Å². The third kappa shape index (κ3) is 4.67. The molecule has 9 heteroatoms. The molecule has 8 nitrogen and oxygen atoms in total. The lowest BCUT2D eigenvalue weighted by Crippen LogP contribution is -2.54. The van der Waals surface area contributed by atoms with E-state index in [1.54, 1.807) is 11.9 Å². The second kappa shape index (κ2) is 9.97. The molecule has 178 valence electrons. The van der Waals surface area contributed by atoms with E-state index in [2.05, 4.69) is 52.4 Å². The number of hydrogen-bond donors (Lipinski definition) is 4. The van der Waals surface area contributed by atoms with Gasteiger partial charge in [0, 0.05) is 6.61 Å². The minimum Gasteiger partial charge on any atom is -0.388 e. The number of nitrogens with one attached hydrogen (secondary N) is 2. The Morgan fingerprint density at radius 1 is 1.29 bits per heavy atom. The highest BCUT2D eigenvalue weighted by atomic mass is 32.2. The number of rotatable bonds is 6. The van der Waals surface area contributed by atoms with Gasteiger partial charge in [-0.1, -0.05) is 36.4 Å². The number of hydrogen-bond acceptors (Lipinski definition) is 6. The van der Waals surface area contributed by atoms with Gasteiger partial charge in [0.2, 0.25) is 0 Å². The van der Waals surface area contributed by atoms with E-state index in [-0.39, 0.29) is 18.7 Å². The average molecular weight is 482 g/mol. The molecule has 0 bridgehead atoms. The fourth-order valence-corrected chi connectivity index (χ4v) is 5.78. The van der Waals surface area contributed by atoms with Gasteiger partial charge in [0.25, 0.3) is 6.04 Å². The van der Waals surface area contributed by atoms with E-state index >= 15 is 0 Å². The largest absolute Gasteiger partial charge is 0.388 e. The molecule has 2 heterocycles. The molecule has 5 rings (SSSR count). The highest BCUT2D eigenvalue weighted by molar-refractivity contribution is 7.93. The number of aliphatic hydroxyl groups is 1. The molecule has 5 N–H and O–H groups in total. The maximum atomic E-state index is 13.3. The Balaban J connectivity index is 1.44. The van der Waals surface area contributed by atoms with Gasteiger partial charge in [-0.25, -0.2) is 5.43 Å². The first-order valence-electron chi connectivity index (χ1n) is 11.6. The van der Waals surface area contributed by atoms with Gasteiger partial charge < -0.3 is 9.84 Å². The number of nitroso groups, excluding NO2 is 1. The molecule has 1 saturated heterocycles. The van der Waals surface area contributed by atoms with Crippen LogP contribution in [0.3, 0.4) is 0 Å². The van der Waals surface area contributed by atoms with Crippen LogP contribution in [0.4, 0.5) is 0 Å². The summed E-state index contributed by atoms with van der Waals surface area (Å²) >= 11 is 1.73. The Labute approximate surface area is 203 Å². The molecule has 1 aliphatic carbocycles. The fourth-order valence-electron chi connectivity index (χ4n) is 4.94. The Kier molecular flexibility index (Phi) is 6.80. The van der Waals surface area contributed by atoms with Crippen LogP contribution in [-0.4, -0.2) is 58.6 Å². The Morgan fingerprint density at radius 3 is 2.97 bits per heavy atom. The molecular formula is C25H31N5O3S+2.